The summed E-state index contributed by atoms with van der Waals surface area (Å²) in [7, 11) is 0. The van der Waals surface area contributed by atoms with Gasteiger partial charge in [0.05, 0.1) is 0 Å². The third-order valence-electron chi connectivity index (χ3n) is 4.14. The molecule has 0 aliphatic carbocycles. The molecule has 18 heavy (non-hydrogen) atoms. The number of hydrogen-bond donors (Lipinski definition) is 1. The number of nitrogens with two attached hydrogens (primary N) is 1. The molecule has 0 spiro atoms. The first-order chi connectivity index (χ1) is 8.63. The van der Waals surface area contributed by atoms with E-state index in [1.807, 2.05) is 12.1 Å². The lowest BCUT2D eigenvalue weighted by Gasteiger charge is -2.44. The number of benzene rings is 1. The molecule has 2 N–H and O–H groups in total. The van der Waals surface area contributed by atoms with Gasteiger partial charge in [0, 0.05) is 29.7 Å². The van der Waals surface area contributed by atoms with Gasteiger partial charge in [0.1, 0.15) is 0 Å². The number of hydrogen-bond acceptors (Lipinski definition) is 2. The van der Waals surface area contributed by atoms with Crippen molar-refractivity contribution in [1.82, 2.24) is 4.90 Å². The molecule has 1 heterocycles. The number of nitrogens with zero attached hydrogens (tertiary/aromatic N) is 1. The van der Waals surface area contributed by atoms with Crippen molar-refractivity contribution in [2.75, 3.05) is 6.54 Å². The van der Waals surface area contributed by atoms with Gasteiger partial charge in [0.25, 0.3) is 0 Å². The summed E-state index contributed by atoms with van der Waals surface area (Å²) in [4.78, 5) is 2.56. The Morgan fingerprint density at radius 1 is 1.44 bits per heavy atom. The molecule has 3 atom stereocenters. The van der Waals surface area contributed by atoms with Crippen LogP contribution in [0.2, 0.25) is 5.02 Å². The Hall–Kier alpha value is -0.570. The monoisotopic (exact) mass is 266 g/mol. The molecule has 0 saturated carbocycles. The molecule has 3 heteroatoms. The fourth-order valence-corrected chi connectivity index (χ4v) is 3.38. The van der Waals surface area contributed by atoms with Crippen molar-refractivity contribution < 1.29 is 0 Å². The van der Waals surface area contributed by atoms with Gasteiger partial charge in [-0.05, 0) is 44.4 Å². The smallest absolute Gasteiger partial charge is 0.0409 e. The first-order valence-corrected chi connectivity index (χ1v) is 7.24. The summed E-state index contributed by atoms with van der Waals surface area (Å²) in [5.74, 6) is 0. The molecule has 1 aliphatic rings. The highest BCUT2D eigenvalue weighted by atomic mass is 35.5. The van der Waals surface area contributed by atoms with Crippen molar-refractivity contribution >= 4 is 11.6 Å². The Morgan fingerprint density at radius 3 is 2.89 bits per heavy atom. The minimum atomic E-state index is 0.382. The largest absolute Gasteiger partial charge is 0.329 e. The second-order valence-electron chi connectivity index (χ2n) is 5.35. The maximum atomic E-state index is 6.09. The third kappa shape index (κ3) is 2.87. The molecule has 100 valence electrons. The molecule has 0 aromatic heterocycles. The van der Waals surface area contributed by atoms with Crippen LogP contribution in [0.15, 0.2) is 24.3 Å². The average molecular weight is 267 g/mol. The van der Waals surface area contributed by atoms with E-state index >= 15 is 0 Å². The summed E-state index contributed by atoms with van der Waals surface area (Å²) < 4.78 is 0. The predicted molar refractivity (Wildman–Crippen MR) is 77.9 cm³/mol. The zero-order chi connectivity index (χ0) is 13.1. The highest BCUT2D eigenvalue weighted by Crippen LogP contribution is 2.32. The summed E-state index contributed by atoms with van der Waals surface area (Å²) in [6.45, 7) is 5.31. The SMILES string of the molecule is CC1CCCC(CN)N1C(C)c1cccc(Cl)c1. The molecule has 0 amide bonds. The molecule has 2 nitrogen and oxygen atoms in total. The first-order valence-electron chi connectivity index (χ1n) is 6.86. The zero-order valence-corrected chi connectivity index (χ0v) is 12.0. The average Bonchev–Trinajstić information content (AvgIpc) is 2.37. The molecule has 0 bridgehead atoms. The van der Waals surface area contributed by atoms with Gasteiger partial charge < -0.3 is 5.73 Å². The standard InChI is InChI=1S/C15H23ClN2/c1-11-5-3-8-15(10-17)18(11)12(2)13-6-4-7-14(16)9-13/h4,6-7,9,11-12,15H,3,5,8,10,17H2,1-2H3. The van der Waals surface area contributed by atoms with Crippen LogP contribution in [0.1, 0.15) is 44.7 Å². The van der Waals surface area contributed by atoms with E-state index in [0.29, 0.717) is 18.1 Å². The molecular weight excluding hydrogens is 244 g/mol. The van der Waals surface area contributed by atoms with E-state index in [2.05, 4.69) is 30.9 Å². The second kappa shape index (κ2) is 6.05. The van der Waals surface area contributed by atoms with E-state index in [1.165, 1.54) is 24.8 Å². The second-order valence-corrected chi connectivity index (χ2v) is 5.78. The first kappa shape index (κ1) is 13.9. The summed E-state index contributed by atoms with van der Waals surface area (Å²) in [5.41, 5.74) is 7.22. The number of halogens is 1. The maximum Gasteiger partial charge on any atom is 0.0409 e. The molecule has 1 fully saturated rings. The van der Waals surface area contributed by atoms with Gasteiger partial charge in [-0.3, -0.25) is 4.90 Å². The van der Waals surface area contributed by atoms with E-state index in [1.54, 1.807) is 0 Å². The molecule has 1 saturated heterocycles. The van der Waals surface area contributed by atoms with Crippen molar-refractivity contribution in [3.05, 3.63) is 34.9 Å². The minimum Gasteiger partial charge on any atom is -0.329 e. The Labute approximate surface area is 115 Å². The van der Waals surface area contributed by atoms with Crippen LogP contribution in [0.4, 0.5) is 0 Å². The van der Waals surface area contributed by atoms with Crippen molar-refractivity contribution in [2.24, 2.45) is 5.73 Å². The molecule has 1 aliphatic heterocycles. The fraction of sp³-hybridized carbons (Fsp3) is 0.600. The molecular formula is C15H23ClN2. The lowest BCUT2D eigenvalue weighted by atomic mass is 9.92. The van der Waals surface area contributed by atoms with E-state index in [4.69, 9.17) is 17.3 Å². The van der Waals surface area contributed by atoms with Gasteiger partial charge in [-0.1, -0.05) is 30.2 Å². The number of likely N-dealkylation sites (tertiary alicyclic amines) is 1. The van der Waals surface area contributed by atoms with E-state index in [-0.39, 0.29) is 0 Å². The number of piperidine rings is 1. The van der Waals surface area contributed by atoms with Crippen LogP contribution < -0.4 is 5.73 Å². The molecule has 1 aromatic carbocycles. The highest BCUT2D eigenvalue weighted by Gasteiger charge is 2.31. The summed E-state index contributed by atoms with van der Waals surface area (Å²) >= 11 is 6.09. The van der Waals surface area contributed by atoms with Crippen molar-refractivity contribution in [3.8, 4) is 0 Å². The van der Waals surface area contributed by atoms with Crippen LogP contribution in [0, 0.1) is 0 Å². The van der Waals surface area contributed by atoms with Gasteiger partial charge in [-0.2, -0.15) is 0 Å². The van der Waals surface area contributed by atoms with Crippen LogP contribution in [-0.2, 0) is 0 Å². The predicted octanol–water partition coefficient (Wildman–Crippen LogP) is 3.60. The van der Waals surface area contributed by atoms with Gasteiger partial charge >= 0.3 is 0 Å². The summed E-state index contributed by atoms with van der Waals surface area (Å²) in [5, 5.41) is 0.813. The van der Waals surface area contributed by atoms with Crippen molar-refractivity contribution in [1.29, 1.82) is 0 Å². The van der Waals surface area contributed by atoms with Gasteiger partial charge in [-0.15, -0.1) is 0 Å². The quantitative estimate of drug-likeness (QED) is 0.906. The zero-order valence-electron chi connectivity index (χ0n) is 11.3. The Kier molecular flexibility index (Phi) is 4.66. The number of rotatable bonds is 3. The maximum absolute atomic E-state index is 6.09. The Balaban J connectivity index is 2.22. The normalized spacial score (nSPS) is 27.1. The van der Waals surface area contributed by atoms with E-state index in [0.717, 1.165) is 11.6 Å². The molecule has 0 radical (unpaired) electrons. The lowest BCUT2D eigenvalue weighted by Crippen LogP contribution is -2.49. The summed E-state index contributed by atoms with van der Waals surface area (Å²) in [6.07, 6.45) is 3.77. The van der Waals surface area contributed by atoms with Crippen LogP contribution in [-0.4, -0.2) is 23.5 Å². The van der Waals surface area contributed by atoms with Crippen molar-refractivity contribution in [2.45, 2.75) is 51.2 Å². The third-order valence-corrected chi connectivity index (χ3v) is 4.38. The lowest BCUT2D eigenvalue weighted by molar-refractivity contribution is 0.0570. The van der Waals surface area contributed by atoms with Gasteiger partial charge in [0.2, 0.25) is 0 Å². The highest BCUT2D eigenvalue weighted by molar-refractivity contribution is 6.30. The van der Waals surface area contributed by atoms with Crippen molar-refractivity contribution in [3.63, 3.8) is 0 Å². The van der Waals surface area contributed by atoms with Crippen LogP contribution in [0.25, 0.3) is 0 Å². The Morgan fingerprint density at radius 2 is 2.22 bits per heavy atom. The van der Waals surface area contributed by atoms with Gasteiger partial charge in [-0.25, -0.2) is 0 Å². The van der Waals surface area contributed by atoms with Crippen LogP contribution in [0.3, 0.4) is 0 Å². The topological polar surface area (TPSA) is 29.3 Å². The van der Waals surface area contributed by atoms with E-state index < -0.39 is 0 Å². The fourth-order valence-electron chi connectivity index (χ4n) is 3.18. The van der Waals surface area contributed by atoms with Gasteiger partial charge in [0.15, 0.2) is 0 Å². The van der Waals surface area contributed by atoms with E-state index in [9.17, 15) is 0 Å². The minimum absolute atomic E-state index is 0.382. The van der Waals surface area contributed by atoms with Crippen LogP contribution >= 0.6 is 11.6 Å². The summed E-state index contributed by atoms with van der Waals surface area (Å²) in [6, 6.07) is 9.67. The Bertz CT molecular complexity index is 394. The van der Waals surface area contributed by atoms with Crippen LogP contribution in [0.5, 0.6) is 0 Å². The molecule has 3 unspecified atom stereocenters. The molecule has 2 rings (SSSR count). The molecule has 1 aromatic rings.